The lowest BCUT2D eigenvalue weighted by Crippen LogP contribution is -2.46. The summed E-state index contributed by atoms with van der Waals surface area (Å²) in [6, 6.07) is -0.648. The average molecular weight is 277 g/mol. The molecule has 1 unspecified atom stereocenters. The second-order valence-electron chi connectivity index (χ2n) is 3.47. The highest BCUT2D eigenvalue weighted by molar-refractivity contribution is 5.84. The first-order valence-electron chi connectivity index (χ1n) is 5.54. The number of hydrogen-bond acceptors (Lipinski definition) is 5. The predicted octanol–water partition coefficient (Wildman–Crippen LogP) is -1.85. The Morgan fingerprint density at radius 2 is 1.84 bits per heavy atom. The van der Waals surface area contributed by atoms with E-state index in [1.54, 1.807) is 0 Å². The van der Waals surface area contributed by atoms with E-state index >= 15 is 0 Å². The number of methoxy groups -OCH3 is 2. The van der Waals surface area contributed by atoms with E-state index in [4.69, 9.17) is 9.84 Å². The average Bonchev–Trinajstić information content (AvgIpc) is 2.37. The van der Waals surface area contributed by atoms with Gasteiger partial charge in [0.2, 0.25) is 5.91 Å². The number of ether oxygens (including phenoxy) is 2. The molecule has 9 nitrogen and oxygen atoms in total. The molecule has 0 aliphatic heterocycles. The Bertz CT molecular complexity index is 310. The molecule has 0 rings (SSSR count). The summed E-state index contributed by atoms with van der Waals surface area (Å²) in [5.74, 6) is -1.55. The van der Waals surface area contributed by atoms with Crippen LogP contribution in [0.2, 0.25) is 0 Å². The summed E-state index contributed by atoms with van der Waals surface area (Å²) in [6.45, 7) is 0.332. The number of urea groups is 1. The van der Waals surface area contributed by atoms with Gasteiger partial charge >= 0.3 is 12.0 Å². The first kappa shape index (κ1) is 17.1. The molecule has 0 heterocycles. The highest BCUT2D eigenvalue weighted by Gasteiger charge is 2.17. The van der Waals surface area contributed by atoms with Gasteiger partial charge in [0.05, 0.1) is 19.7 Å². The van der Waals surface area contributed by atoms with Crippen LogP contribution in [0.5, 0.6) is 0 Å². The summed E-state index contributed by atoms with van der Waals surface area (Å²) < 4.78 is 9.35. The number of carboxylic acid groups (broad SMARTS) is 1. The Morgan fingerprint density at radius 1 is 1.16 bits per heavy atom. The summed E-state index contributed by atoms with van der Waals surface area (Å²) >= 11 is 0. The molecule has 0 saturated heterocycles. The third kappa shape index (κ3) is 8.80. The number of carbonyl (C=O) groups is 3. The monoisotopic (exact) mass is 277 g/mol. The molecule has 0 aromatic carbocycles. The van der Waals surface area contributed by atoms with E-state index in [0.29, 0.717) is 13.2 Å². The molecule has 9 heteroatoms. The lowest BCUT2D eigenvalue weighted by atomic mass is 10.3. The zero-order valence-electron chi connectivity index (χ0n) is 10.9. The van der Waals surface area contributed by atoms with Crippen LogP contribution in [0.4, 0.5) is 4.79 Å². The maximum Gasteiger partial charge on any atom is 0.334 e. The largest absolute Gasteiger partial charge is 0.479 e. The smallest absolute Gasteiger partial charge is 0.334 e. The standard InChI is InChI=1S/C10H19N3O6/c1-18-4-3-11-8(14)6-13-10(17)12-5-7(19-2)9(15)16/h7H,3-6H2,1-2H3,(H,11,14)(H,15,16)(H2,12,13,17). The Labute approximate surface area is 110 Å². The van der Waals surface area contributed by atoms with Gasteiger partial charge in [0.25, 0.3) is 0 Å². The molecule has 0 aromatic heterocycles. The lowest BCUT2D eigenvalue weighted by Gasteiger charge is -2.12. The van der Waals surface area contributed by atoms with Crippen molar-refractivity contribution in [3.63, 3.8) is 0 Å². The summed E-state index contributed by atoms with van der Waals surface area (Å²) in [4.78, 5) is 33.0. The van der Waals surface area contributed by atoms with Gasteiger partial charge in [-0.25, -0.2) is 9.59 Å². The van der Waals surface area contributed by atoms with Crippen molar-refractivity contribution in [2.75, 3.05) is 40.5 Å². The SMILES string of the molecule is COCCNC(=O)CNC(=O)NCC(OC)C(=O)O. The molecule has 0 saturated carbocycles. The van der Waals surface area contributed by atoms with Crippen molar-refractivity contribution in [3.05, 3.63) is 0 Å². The Balaban J connectivity index is 3.74. The normalized spacial score (nSPS) is 11.5. The van der Waals surface area contributed by atoms with Crippen LogP contribution in [-0.2, 0) is 19.1 Å². The van der Waals surface area contributed by atoms with Gasteiger partial charge in [0.1, 0.15) is 0 Å². The molecule has 0 spiro atoms. The van der Waals surface area contributed by atoms with E-state index in [1.807, 2.05) is 0 Å². The fourth-order valence-electron chi connectivity index (χ4n) is 1.03. The van der Waals surface area contributed by atoms with Crippen molar-refractivity contribution in [1.29, 1.82) is 0 Å². The molecule has 0 aliphatic carbocycles. The van der Waals surface area contributed by atoms with Gasteiger partial charge in [-0.05, 0) is 0 Å². The number of rotatable bonds is 9. The van der Waals surface area contributed by atoms with Crippen molar-refractivity contribution < 1.29 is 29.0 Å². The molecule has 19 heavy (non-hydrogen) atoms. The summed E-state index contributed by atoms with van der Waals surface area (Å²) in [5, 5.41) is 15.7. The highest BCUT2D eigenvalue weighted by atomic mass is 16.5. The van der Waals surface area contributed by atoms with E-state index in [-0.39, 0.29) is 19.0 Å². The van der Waals surface area contributed by atoms with Gasteiger partial charge < -0.3 is 30.5 Å². The number of carboxylic acids is 1. The van der Waals surface area contributed by atoms with Crippen molar-refractivity contribution >= 4 is 17.9 Å². The molecule has 4 N–H and O–H groups in total. The van der Waals surface area contributed by atoms with Crippen LogP contribution in [0.1, 0.15) is 0 Å². The van der Waals surface area contributed by atoms with Gasteiger partial charge in [0.15, 0.2) is 6.10 Å². The lowest BCUT2D eigenvalue weighted by molar-refractivity contribution is -0.148. The third-order valence-electron chi connectivity index (χ3n) is 2.05. The van der Waals surface area contributed by atoms with Crippen LogP contribution in [-0.4, -0.2) is 69.6 Å². The fourth-order valence-corrected chi connectivity index (χ4v) is 1.03. The molecule has 110 valence electrons. The van der Waals surface area contributed by atoms with Gasteiger partial charge in [-0.1, -0.05) is 0 Å². The summed E-state index contributed by atoms with van der Waals surface area (Å²) in [6.07, 6.45) is -1.12. The van der Waals surface area contributed by atoms with Crippen LogP contribution in [0, 0.1) is 0 Å². The van der Waals surface area contributed by atoms with Crippen LogP contribution in [0.3, 0.4) is 0 Å². The zero-order chi connectivity index (χ0) is 14.7. The maximum atomic E-state index is 11.2. The van der Waals surface area contributed by atoms with Gasteiger partial charge in [-0.15, -0.1) is 0 Å². The Morgan fingerprint density at radius 3 is 2.37 bits per heavy atom. The van der Waals surface area contributed by atoms with E-state index in [0.717, 1.165) is 0 Å². The highest BCUT2D eigenvalue weighted by Crippen LogP contribution is 1.87. The Hall–Kier alpha value is -1.87. The minimum Gasteiger partial charge on any atom is -0.479 e. The molecule has 3 amide bonds. The topological polar surface area (TPSA) is 126 Å². The van der Waals surface area contributed by atoms with Gasteiger partial charge in [0, 0.05) is 20.8 Å². The van der Waals surface area contributed by atoms with Gasteiger partial charge in [-0.2, -0.15) is 0 Å². The van der Waals surface area contributed by atoms with Crippen molar-refractivity contribution in [1.82, 2.24) is 16.0 Å². The molecular formula is C10H19N3O6. The zero-order valence-corrected chi connectivity index (χ0v) is 10.9. The number of carbonyl (C=O) groups excluding carboxylic acids is 2. The summed E-state index contributed by atoms with van der Waals surface area (Å²) in [5.41, 5.74) is 0. The first-order valence-corrected chi connectivity index (χ1v) is 5.54. The van der Waals surface area contributed by atoms with Crippen LogP contribution >= 0.6 is 0 Å². The molecule has 0 aromatic rings. The van der Waals surface area contributed by atoms with E-state index in [1.165, 1.54) is 14.2 Å². The molecule has 0 bridgehead atoms. The predicted molar refractivity (Wildman–Crippen MR) is 64.7 cm³/mol. The van der Waals surface area contributed by atoms with E-state index < -0.39 is 18.1 Å². The van der Waals surface area contributed by atoms with Crippen LogP contribution < -0.4 is 16.0 Å². The molecule has 0 aliphatic rings. The third-order valence-corrected chi connectivity index (χ3v) is 2.05. The first-order chi connectivity index (χ1) is 9.01. The van der Waals surface area contributed by atoms with E-state index in [9.17, 15) is 14.4 Å². The number of amides is 3. The maximum absolute atomic E-state index is 11.2. The quantitative estimate of drug-likeness (QED) is 0.366. The van der Waals surface area contributed by atoms with Crippen LogP contribution in [0.15, 0.2) is 0 Å². The number of hydrogen-bond donors (Lipinski definition) is 4. The van der Waals surface area contributed by atoms with E-state index in [2.05, 4.69) is 20.7 Å². The molecular weight excluding hydrogens is 258 g/mol. The van der Waals surface area contributed by atoms with Gasteiger partial charge in [-0.3, -0.25) is 4.79 Å². The molecule has 0 fully saturated rings. The minimum absolute atomic E-state index is 0.192. The second kappa shape index (κ2) is 10.1. The second-order valence-corrected chi connectivity index (χ2v) is 3.47. The van der Waals surface area contributed by atoms with Crippen molar-refractivity contribution in [3.8, 4) is 0 Å². The molecule has 1 atom stereocenters. The van der Waals surface area contributed by atoms with Crippen molar-refractivity contribution in [2.45, 2.75) is 6.10 Å². The Kier molecular flexibility index (Phi) is 9.10. The van der Waals surface area contributed by atoms with Crippen LogP contribution in [0.25, 0.3) is 0 Å². The van der Waals surface area contributed by atoms with Crippen molar-refractivity contribution in [2.24, 2.45) is 0 Å². The number of aliphatic carboxylic acids is 1. The summed E-state index contributed by atoms with van der Waals surface area (Å²) in [7, 11) is 2.73. The number of nitrogens with one attached hydrogen (secondary N) is 3. The fraction of sp³-hybridized carbons (Fsp3) is 0.700. The molecule has 0 radical (unpaired) electrons. The minimum atomic E-state index is -1.18.